The third-order valence-electron chi connectivity index (χ3n) is 2.15. The molecule has 0 aliphatic rings. The van der Waals surface area contributed by atoms with Gasteiger partial charge in [-0.15, -0.1) is 0 Å². The zero-order valence-corrected chi connectivity index (χ0v) is 13.1. The number of hydrazone groups is 1. The van der Waals surface area contributed by atoms with Crippen molar-refractivity contribution in [2.24, 2.45) is 5.10 Å². The lowest BCUT2D eigenvalue weighted by Crippen LogP contribution is -2.40. The summed E-state index contributed by atoms with van der Waals surface area (Å²) in [6.45, 7) is 2.50. The summed E-state index contributed by atoms with van der Waals surface area (Å²) in [6.07, 6.45) is 1.50. The molecule has 1 aromatic rings. The van der Waals surface area contributed by atoms with E-state index in [1.807, 2.05) is 6.92 Å². The number of rotatable bonds is 5. The van der Waals surface area contributed by atoms with Crippen molar-refractivity contribution in [3.8, 4) is 5.75 Å². The number of hydrogen-bond acceptors (Lipinski definition) is 4. The number of methoxy groups -OCH3 is 1. The van der Waals surface area contributed by atoms with Gasteiger partial charge in [-0.3, -0.25) is 5.43 Å². The average molecular weight is 346 g/mol. The number of phenolic OH excluding ortho intramolecular Hbond substituents is 1. The molecule has 104 valence electrons. The first kappa shape index (κ1) is 15.9. The van der Waals surface area contributed by atoms with Crippen LogP contribution in [0.15, 0.2) is 27.8 Å². The zero-order chi connectivity index (χ0) is 14.3. The molecule has 0 amide bonds. The Hall–Kier alpha value is -1.18. The summed E-state index contributed by atoms with van der Waals surface area (Å²) in [5.74, 6) is 0.153. The number of benzene rings is 1. The van der Waals surface area contributed by atoms with Crippen molar-refractivity contribution >= 4 is 39.5 Å². The maximum atomic E-state index is 9.61. The summed E-state index contributed by atoms with van der Waals surface area (Å²) in [7, 11) is 1.63. The van der Waals surface area contributed by atoms with Gasteiger partial charge in [-0.2, -0.15) is 5.10 Å². The van der Waals surface area contributed by atoms with Crippen LogP contribution in [0.25, 0.3) is 0 Å². The molecule has 0 fully saturated rings. The molecule has 0 spiro atoms. The smallest absolute Gasteiger partial charge is 0.187 e. The predicted molar refractivity (Wildman–Crippen MR) is 83.6 cm³/mol. The predicted octanol–water partition coefficient (Wildman–Crippen LogP) is 1.99. The van der Waals surface area contributed by atoms with E-state index in [-0.39, 0.29) is 11.8 Å². The molecule has 0 bridgehead atoms. The third-order valence-corrected chi connectivity index (χ3v) is 2.86. The summed E-state index contributed by atoms with van der Waals surface area (Å²) in [6, 6.07) is 5.19. The van der Waals surface area contributed by atoms with E-state index in [9.17, 15) is 5.11 Å². The molecule has 5 nitrogen and oxygen atoms in total. The maximum absolute atomic E-state index is 9.61. The summed E-state index contributed by atoms with van der Waals surface area (Å²) >= 11 is 8.38. The van der Waals surface area contributed by atoms with E-state index < -0.39 is 0 Å². The molecule has 0 saturated heterocycles. The van der Waals surface area contributed by atoms with Crippen LogP contribution in [0.3, 0.4) is 0 Å². The van der Waals surface area contributed by atoms with Crippen LogP contribution in [0.4, 0.5) is 0 Å². The molecule has 0 heterocycles. The molecule has 1 atom stereocenters. The normalized spacial score (nSPS) is 12.4. The summed E-state index contributed by atoms with van der Waals surface area (Å²) in [4.78, 5) is 0. The molecule has 7 heteroatoms. The molecule has 0 aliphatic heterocycles. The number of nitrogens with one attached hydrogen (secondary N) is 2. The van der Waals surface area contributed by atoms with Crippen LogP contribution in [0.1, 0.15) is 12.5 Å². The Labute approximate surface area is 126 Å². The zero-order valence-electron chi connectivity index (χ0n) is 10.7. The van der Waals surface area contributed by atoms with E-state index in [0.717, 1.165) is 4.47 Å². The second-order valence-corrected chi connectivity index (χ2v) is 5.23. The highest BCUT2D eigenvalue weighted by Crippen LogP contribution is 2.19. The maximum Gasteiger partial charge on any atom is 0.187 e. The molecular weight excluding hydrogens is 330 g/mol. The molecule has 19 heavy (non-hydrogen) atoms. The van der Waals surface area contributed by atoms with Gasteiger partial charge in [0.2, 0.25) is 0 Å². The van der Waals surface area contributed by atoms with Crippen molar-refractivity contribution in [2.45, 2.75) is 13.0 Å². The number of nitrogens with zero attached hydrogens (tertiary/aromatic N) is 1. The quantitative estimate of drug-likeness (QED) is 0.432. The molecule has 1 rings (SSSR count). The number of phenols is 1. The first-order valence-electron chi connectivity index (χ1n) is 5.60. The van der Waals surface area contributed by atoms with Gasteiger partial charge in [0, 0.05) is 23.2 Å². The number of ether oxygens (including phenoxy) is 1. The van der Waals surface area contributed by atoms with Gasteiger partial charge in [-0.1, -0.05) is 15.9 Å². The summed E-state index contributed by atoms with van der Waals surface area (Å²) in [5.41, 5.74) is 3.27. The van der Waals surface area contributed by atoms with Crippen LogP contribution in [0.2, 0.25) is 0 Å². The van der Waals surface area contributed by atoms with Crippen LogP contribution in [-0.2, 0) is 4.74 Å². The van der Waals surface area contributed by atoms with Crippen molar-refractivity contribution in [3.63, 3.8) is 0 Å². The van der Waals surface area contributed by atoms with E-state index in [2.05, 4.69) is 31.8 Å². The average Bonchev–Trinajstić information content (AvgIpc) is 2.33. The molecule has 0 unspecified atom stereocenters. The fraction of sp³-hybridized carbons (Fsp3) is 0.333. The van der Waals surface area contributed by atoms with Crippen molar-refractivity contribution in [3.05, 3.63) is 28.2 Å². The Morgan fingerprint density at radius 2 is 2.37 bits per heavy atom. The Morgan fingerprint density at radius 1 is 1.63 bits per heavy atom. The fourth-order valence-electron chi connectivity index (χ4n) is 1.34. The van der Waals surface area contributed by atoms with E-state index >= 15 is 0 Å². The lowest BCUT2D eigenvalue weighted by molar-refractivity contribution is 0.179. The minimum Gasteiger partial charge on any atom is -0.507 e. The highest BCUT2D eigenvalue weighted by molar-refractivity contribution is 9.10. The van der Waals surface area contributed by atoms with Gasteiger partial charge in [0.05, 0.1) is 12.8 Å². The van der Waals surface area contributed by atoms with Crippen molar-refractivity contribution in [2.75, 3.05) is 13.7 Å². The lowest BCUT2D eigenvalue weighted by atomic mass is 10.2. The van der Waals surface area contributed by atoms with E-state index in [1.54, 1.807) is 25.3 Å². The first-order chi connectivity index (χ1) is 9.02. The van der Waals surface area contributed by atoms with Crippen LogP contribution in [0, 0.1) is 0 Å². The van der Waals surface area contributed by atoms with Gasteiger partial charge in [-0.05, 0) is 37.3 Å². The van der Waals surface area contributed by atoms with Crippen LogP contribution < -0.4 is 10.7 Å². The van der Waals surface area contributed by atoms with Gasteiger partial charge in [-0.25, -0.2) is 0 Å². The van der Waals surface area contributed by atoms with Crippen LogP contribution >= 0.6 is 28.1 Å². The molecule has 0 saturated carbocycles. The van der Waals surface area contributed by atoms with Crippen molar-refractivity contribution in [1.29, 1.82) is 0 Å². The minimum absolute atomic E-state index is 0.0967. The lowest BCUT2D eigenvalue weighted by Gasteiger charge is -2.13. The van der Waals surface area contributed by atoms with E-state index in [1.165, 1.54) is 6.21 Å². The second-order valence-electron chi connectivity index (χ2n) is 3.90. The number of aromatic hydroxyl groups is 1. The first-order valence-corrected chi connectivity index (χ1v) is 6.80. The number of halogens is 1. The highest BCUT2D eigenvalue weighted by atomic mass is 79.9. The van der Waals surface area contributed by atoms with Gasteiger partial charge < -0.3 is 15.2 Å². The topological polar surface area (TPSA) is 65.9 Å². The Balaban J connectivity index is 2.49. The van der Waals surface area contributed by atoms with E-state index in [4.69, 9.17) is 17.0 Å². The molecule has 1 aromatic carbocycles. The van der Waals surface area contributed by atoms with Gasteiger partial charge in [0.25, 0.3) is 0 Å². The standard InChI is InChI=1S/C12H16BrN3O2S/c1-8(7-18-2)15-12(19)16-14-6-9-5-10(13)3-4-11(9)17/h3-6,8,17H,7H2,1-2H3,(H2,15,16,19)/b14-6+/t8-/m0/s1. The molecule has 0 radical (unpaired) electrons. The molecular formula is C12H16BrN3O2S. The van der Waals surface area contributed by atoms with Gasteiger partial charge >= 0.3 is 0 Å². The molecule has 0 aliphatic carbocycles. The Morgan fingerprint density at radius 3 is 3.05 bits per heavy atom. The molecule has 3 N–H and O–H groups in total. The Bertz CT molecular complexity index is 468. The highest BCUT2D eigenvalue weighted by Gasteiger charge is 2.02. The summed E-state index contributed by atoms with van der Waals surface area (Å²) in [5, 5.41) is 17.0. The fourth-order valence-corrected chi connectivity index (χ4v) is 1.97. The van der Waals surface area contributed by atoms with Crippen LogP contribution in [0.5, 0.6) is 5.75 Å². The third kappa shape index (κ3) is 6.00. The number of hydrogen-bond donors (Lipinski definition) is 3. The van der Waals surface area contributed by atoms with Crippen LogP contribution in [-0.4, -0.2) is 36.2 Å². The largest absolute Gasteiger partial charge is 0.507 e. The SMILES string of the molecule is COC[C@H](C)NC(=S)N/N=C/c1cc(Br)ccc1O. The number of thiocarbonyl (C=S) groups is 1. The second kappa shape index (κ2) is 8.08. The Kier molecular flexibility index (Phi) is 6.75. The van der Waals surface area contributed by atoms with E-state index in [0.29, 0.717) is 17.3 Å². The van der Waals surface area contributed by atoms with Gasteiger partial charge in [0.15, 0.2) is 5.11 Å². The van der Waals surface area contributed by atoms with Crippen molar-refractivity contribution < 1.29 is 9.84 Å². The monoisotopic (exact) mass is 345 g/mol. The molecule has 0 aromatic heterocycles. The minimum atomic E-state index is 0.0967. The van der Waals surface area contributed by atoms with Crippen molar-refractivity contribution in [1.82, 2.24) is 10.7 Å². The van der Waals surface area contributed by atoms with Gasteiger partial charge in [0.1, 0.15) is 5.75 Å². The summed E-state index contributed by atoms with van der Waals surface area (Å²) < 4.78 is 5.84.